The second kappa shape index (κ2) is 3.55. The molecule has 3 nitrogen and oxygen atoms in total. The van der Waals surface area contributed by atoms with Crippen molar-refractivity contribution in [1.82, 2.24) is 0 Å². The van der Waals surface area contributed by atoms with Gasteiger partial charge in [-0.2, -0.15) is 0 Å². The van der Waals surface area contributed by atoms with Crippen molar-refractivity contribution >= 4 is 33.1 Å². The van der Waals surface area contributed by atoms with E-state index in [9.17, 15) is 4.79 Å². The first-order valence-electron chi connectivity index (χ1n) is 4.52. The van der Waals surface area contributed by atoms with E-state index in [-0.39, 0.29) is 0 Å². The largest absolute Gasteiger partial charge is 0.478 e. The van der Waals surface area contributed by atoms with Gasteiger partial charge in [0, 0.05) is 24.2 Å². The molecule has 0 fully saturated rings. The van der Waals surface area contributed by atoms with E-state index >= 15 is 0 Å². The van der Waals surface area contributed by atoms with Crippen molar-refractivity contribution in [2.75, 3.05) is 19.0 Å². The highest BCUT2D eigenvalue weighted by Crippen LogP contribution is 2.32. The van der Waals surface area contributed by atoms with E-state index in [1.165, 1.54) is 0 Å². The Hall–Kier alpha value is -1.55. The van der Waals surface area contributed by atoms with Crippen molar-refractivity contribution in [2.45, 2.75) is 0 Å². The number of hydrogen-bond acceptors (Lipinski definition) is 3. The summed E-state index contributed by atoms with van der Waals surface area (Å²) in [6.45, 7) is 0. The average Bonchev–Trinajstić information content (AvgIpc) is 2.62. The summed E-state index contributed by atoms with van der Waals surface area (Å²) < 4.78 is 1.11. The molecule has 0 amide bonds. The van der Waals surface area contributed by atoms with Crippen LogP contribution < -0.4 is 4.90 Å². The van der Waals surface area contributed by atoms with Gasteiger partial charge in [-0.05, 0) is 23.6 Å². The molecule has 4 heteroatoms. The summed E-state index contributed by atoms with van der Waals surface area (Å²) >= 11 is 1.62. The molecule has 0 atom stereocenters. The number of carboxylic acid groups (broad SMARTS) is 1. The number of hydrogen-bond donors (Lipinski definition) is 1. The Bertz CT molecular complexity index is 516. The van der Waals surface area contributed by atoms with E-state index < -0.39 is 5.97 Å². The molecule has 1 N–H and O–H groups in total. The molecule has 1 aromatic heterocycles. The lowest BCUT2D eigenvalue weighted by atomic mass is 10.1. The van der Waals surface area contributed by atoms with Crippen molar-refractivity contribution in [3.8, 4) is 0 Å². The maximum Gasteiger partial charge on any atom is 0.337 e. The van der Waals surface area contributed by atoms with Gasteiger partial charge >= 0.3 is 5.97 Å². The van der Waals surface area contributed by atoms with Crippen molar-refractivity contribution in [3.05, 3.63) is 29.1 Å². The fraction of sp³-hybridized carbons (Fsp3) is 0.182. The van der Waals surface area contributed by atoms with E-state index in [0.29, 0.717) is 5.56 Å². The summed E-state index contributed by atoms with van der Waals surface area (Å²) in [6, 6.07) is 5.48. The molecule has 2 aromatic rings. The molecule has 0 unspecified atom stereocenters. The van der Waals surface area contributed by atoms with Crippen LogP contribution in [-0.2, 0) is 0 Å². The second-order valence-corrected chi connectivity index (χ2v) is 4.44. The summed E-state index contributed by atoms with van der Waals surface area (Å²) in [6.07, 6.45) is 0. The maximum absolute atomic E-state index is 11.1. The highest BCUT2D eigenvalue weighted by molar-refractivity contribution is 7.17. The standard InChI is InChI=1S/C11H11NO2S/c1-12(2)10-7-5-6-15-9(7)4-3-8(10)11(13)14/h3-6H,1-2H3,(H,13,14). The van der Waals surface area contributed by atoms with Gasteiger partial charge in [0.2, 0.25) is 0 Å². The van der Waals surface area contributed by atoms with Crippen molar-refractivity contribution in [3.63, 3.8) is 0 Å². The van der Waals surface area contributed by atoms with Crippen LogP contribution in [0.5, 0.6) is 0 Å². The first-order chi connectivity index (χ1) is 7.11. The van der Waals surface area contributed by atoms with E-state index in [2.05, 4.69) is 0 Å². The lowest BCUT2D eigenvalue weighted by Gasteiger charge is -2.16. The molecule has 0 aliphatic heterocycles. The smallest absolute Gasteiger partial charge is 0.337 e. The van der Waals surface area contributed by atoms with Crippen LogP contribution in [0, 0.1) is 0 Å². The third-order valence-corrected chi connectivity index (χ3v) is 3.17. The number of rotatable bonds is 2. The highest BCUT2D eigenvalue weighted by Gasteiger charge is 2.15. The molecule has 0 radical (unpaired) electrons. The van der Waals surface area contributed by atoms with Crippen LogP contribution >= 0.6 is 11.3 Å². The minimum Gasteiger partial charge on any atom is -0.478 e. The minimum absolute atomic E-state index is 0.353. The molecular weight excluding hydrogens is 210 g/mol. The van der Waals surface area contributed by atoms with E-state index in [0.717, 1.165) is 15.8 Å². The number of fused-ring (bicyclic) bond motifs is 1. The second-order valence-electron chi connectivity index (χ2n) is 3.49. The van der Waals surface area contributed by atoms with E-state index in [1.54, 1.807) is 17.4 Å². The van der Waals surface area contributed by atoms with Gasteiger partial charge in [0.25, 0.3) is 0 Å². The third kappa shape index (κ3) is 1.57. The molecule has 0 aliphatic carbocycles. The van der Waals surface area contributed by atoms with E-state index in [1.807, 2.05) is 36.5 Å². The SMILES string of the molecule is CN(C)c1c(C(=O)O)ccc2sccc12. The minimum atomic E-state index is -0.883. The summed E-state index contributed by atoms with van der Waals surface area (Å²) in [5, 5.41) is 12.1. The highest BCUT2D eigenvalue weighted by atomic mass is 32.1. The van der Waals surface area contributed by atoms with Gasteiger partial charge in [-0.15, -0.1) is 11.3 Å². The quantitative estimate of drug-likeness (QED) is 0.847. The van der Waals surface area contributed by atoms with E-state index in [4.69, 9.17) is 5.11 Å². The van der Waals surface area contributed by atoms with Gasteiger partial charge in [0.05, 0.1) is 11.3 Å². The Morgan fingerprint density at radius 1 is 1.33 bits per heavy atom. The fourth-order valence-corrected chi connectivity index (χ4v) is 2.47. The fourth-order valence-electron chi connectivity index (χ4n) is 1.68. The molecule has 0 bridgehead atoms. The van der Waals surface area contributed by atoms with Crippen LogP contribution in [0.25, 0.3) is 10.1 Å². The molecule has 15 heavy (non-hydrogen) atoms. The van der Waals surface area contributed by atoms with Crippen LogP contribution in [-0.4, -0.2) is 25.2 Å². The molecule has 0 spiro atoms. The van der Waals surface area contributed by atoms with Crippen LogP contribution in [0.3, 0.4) is 0 Å². The first-order valence-corrected chi connectivity index (χ1v) is 5.40. The number of anilines is 1. The normalized spacial score (nSPS) is 10.5. The van der Waals surface area contributed by atoms with Gasteiger partial charge < -0.3 is 10.0 Å². The molecule has 0 saturated carbocycles. The summed E-state index contributed by atoms with van der Waals surface area (Å²) in [7, 11) is 3.72. The number of thiophene rings is 1. The monoisotopic (exact) mass is 221 g/mol. The van der Waals surface area contributed by atoms with Crippen LogP contribution in [0.2, 0.25) is 0 Å². The predicted octanol–water partition coefficient (Wildman–Crippen LogP) is 2.67. The van der Waals surface area contributed by atoms with Crippen molar-refractivity contribution in [2.24, 2.45) is 0 Å². The van der Waals surface area contributed by atoms with Gasteiger partial charge in [-0.3, -0.25) is 0 Å². The lowest BCUT2D eigenvalue weighted by molar-refractivity contribution is 0.0698. The van der Waals surface area contributed by atoms with Crippen LogP contribution in [0.15, 0.2) is 23.6 Å². The van der Waals surface area contributed by atoms with Gasteiger partial charge in [0.15, 0.2) is 0 Å². The zero-order valence-corrected chi connectivity index (χ0v) is 9.34. The van der Waals surface area contributed by atoms with Gasteiger partial charge in [-0.1, -0.05) is 0 Å². The molecule has 78 valence electrons. The van der Waals surface area contributed by atoms with Gasteiger partial charge in [-0.25, -0.2) is 4.79 Å². The zero-order valence-electron chi connectivity index (χ0n) is 8.52. The Morgan fingerprint density at radius 3 is 2.67 bits per heavy atom. The Morgan fingerprint density at radius 2 is 2.07 bits per heavy atom. The Labute approximate surface area is 91.6 Å². The zero-order chi connectivity index (χ0) is 11.0. The number of aromatic carboxylic acids is 1. The summed E-state index contributed by atoms with van der Waals surface area (Å²) in [5.74, 6) is -0.883. The maximum atomic E-state index is 11.1. The molecule has 1 heterocycles. The number of carboxylic acids is 1. The van der Waals surface area contributed by atoms with Crippen LogP contribution in [0.4, 0.5) is 5.69 Å². The molecule has 0 aliphatic rings. The molecular formula is C11H11NO2S. The number of nitrogens with zero attached hydrogens (tertiary/aromatic N) is 1. The average molecular weight is 221 g/mol. The third-order valence-electron chi connectivity index (χ3n) is 2.28. The van der Waals surface area contributed by atoms with Crippen LogP contribution in [0.1, 0.15) is 10.4 Å². The van der Waals surface area contributed by atoms with Crippen molar-refractivity contribution in [1.29, 1.82) is 0 Å². The molecule has 1 aromatic carbocycles. The lowest BCUT2D eigenvalue weighted by Crippen LogP contribution is -2.13. The predicted molar refractivity (Wildman–Crippen MR) is 63.1 cm³/mol. The van der Waals surface area contributed by atoms with Crippen molar-refractivity contribution < 1.29 is 9.90 Å². The Kier molecular flexibility index (Phi) is 2.36. The molecule has 0 saturated heterocycles. The van der Waals surface area contributed by atoms with Gasteiger partial charge in [0.1, 0.15) is 0 Å². The molecule has 2 rings (SSSR count). The first kappa shape index (κ1) is 9.98. The summed E-state index contributed by atoms with van der Waals surface area (Å²) in [4.78, 5) is 12.9. The number of carbonyl (C=O) groups is 1. The summed E-state index contributed by atoms with van der Waals surface area (Å²) in [5.41, 5.74) is 1.13. The Balaban J connectivity index is 2.81. The number of benzene rings is 1. The topological polar surface area (TPSA) is 40.5 Å².